The lowest BCUT2D eigenvalue weighted by atomic mass is 9.82. The molecular formula is C20H23N5O2S. The summed E-state index contributed by atoms with van der Waals surface area (Å²) < 4.78 is 5.85. The molecule has 1 fully saturated rings. The second-order valence-electron chi connectivity index (χ2n) is 7.40. The molecule has 0 atom stereocenters. The van der Waals surface area contributed by atoms with Crippen LogP contribution >= 0.6 is 11.3 Å². The summed E-state index contributed by atoms with van der Waals surface area (Å²) in [6, 6.07) is 1.93. The molecule has 0 spiro atoms. The number of thiophene rings is 1. The zero-order chi connectivity index (χ0) is 19.5. The summed E-state index contributed by atoms with van der Waals surface area (Å²) in [5.41, 5.74) is 2.58. The van der Waals surface area contributed by atoms with Gasteiger partial charge in [0.2, 0.25) is 5.89 Å². The van der Waals surface area contributed by atoms with E-state index in [0.29, 0.717) is 23.4 Å². The third kappa shape index (κ3) is 4.27. The number of carbonyl (C=O) groups excluding carboxylic acids is 1. The van der Waals surface area contributed by atoms with Crippen molar-refractivity contribution in [1.82, 2.24) is 25.5 Å². The SMILES string of the molecule is Cc1csc(C(=O)NCC2CCC(c3nnc(-c4cnc(C)cn4)o3)CC2)c1. The molecule has 3 aromatic heterocycles. The molecule has 146 valence electrons. The van der Waals surface area contributed by atoms with Gasteiger partial charge in [-0.1, -0.05) is 0 Å². The molecule has 0 aromatic carbocycles. The van der Waals surface area contributed by atoms with Gasteiger partial charge < -0.3 is 9.73 Å². The van der Waals surface area contributed by atoms with Crippen LogP contribution in [-0.2, 0) is 0 Å². The maximum Gasteiger partial charge on any atom is 0.267 e. The van der Waals surface area contributed by atoms with Crippen molar-refractivity contribution in [2.75, 3.05) is 6.54 Å². The second-order valence-corrected chi connectivity index (χ2v) is 8.32. The third-order valence-electron chi connectivity index (χ3n) is 5.14. The molecular weight excluding hydrogens is 374 g/mol. The number of hydrogen-bond acceptors (Lipinski definition) is 7. The van der Waals surface area contributed by atoms with Crippen LogP contribution in [0, 0.1) is 19.8 Å². The second kappa shape index (κ2) is 8.18. The number of carbonyl (C=O) groups is 1. The van der Waals surface area contributed by atoms with Gasteiger partial charge in [-0.15, -0.1) is 21.5 Å². The molecule has 1 N–H and O–H groups in total. The summed E-state index contributed by atoms with van der Waals surface area (Å²) >= 11 is 1.49. The lowest BCUT2D eigenvalue weighted by Crippen LogP contribution is -2.30. The number of aryl methyl sites for hydroxylation is 2. The first-order chi connectivity index (χ1) is 13.6. The van der Waals surface area contributed by atoms with Crippen LogP contribution in [0.3, 0.4) is 0 Å². The fourth-order valence-electron chi connectivity index (χ4n) is 3.49. The predicted octanol–water partition coefficient (Wildman–Crippen LogP) is 3.91. The third-order valence-corrected chi connectivity index (χ3v) is 6.19. The molecule has 3 heterocycles. The minimum absolute atomic E-state index is 0.0287. The number of amides is 1. The van der Waals surface area contributed by atoms with E-state index < -0.39 is 0 Å². The van der Waals surface area contributed by atoms with Crippen molar-refractivity contribution in [2.24, 2.45) is 5.92 Å². The number of rotatable bonds is 5. The van der Waals surface area contributed by atoms with Gasteiger partial charge in [0.05, 0.1) is 16.8 Å². The van der Waals surface area contributed by atoms with Crippen LogP contribution < -0.4 is 5.32 Å². The molecule has 0 bridgehead atoms. The van der Waals surface area contributed by atoms with Crippen molar-refractivity contribution >= 4 is 17.2 Å². The predicted molar refractivity (Wildman–Crippen MR) is 106 cm³/mol. The first-order valence-electron chi connectivity index (χ1n) is 9.54. The number of aromatic nitrogens is 4. The summed E-state index contributed by atoms with van der Waals surface area (Å²) in [6.07, 6.45) is 7.39. The van der Waals surface area contributed by atoms with Crippen molar-refractivity contribution in [1.29, 1.82) is 0 Å². The maximum absolute atomic E-state index is 12.2. The van der Waals surface area contributed by atoms with Crippen LogP contribution in [0.15, 0.2) is 28.3 Å². The molecule has 7 nitrogen and oxygen atoms in total. The van der Waals surface area contributed by atoms with Gasteiger partial charge in [-0.3, -0.25) is 9.78 Å². The summed E-state index contributed by atoms with van der Waals surface area (Å²) in [4.78, 5) is 21.5. The van der Waals surface area contributed by atoms with Crippen LogP contribution in [0.2, 0.25) is 0 Å². The fraction of sp³-hybridized carbons (Fsp3) is 0.450. The molecule has 8 heteroatoms. The van der Waals surface area contributed by atoms with Gasteiger partial charge in [0.25, 0.3) is 11.8 Å². The van der Waals surface area contributed by atoms with Crippen molar-refractivity contribution in [3.63, 3.8) is 0 Å². The van der Waals surface area contributed by atoms with E-state index in [0.717, 1.165) is 48.4 Å². The highest BCUT2D eigenvalue weighted by Crippen LogP contribution is 2.35. The van der Waals surface area contributed by atoms with Crippen molar-refractivity contribution in [3.05, 3.63) is 45.9 Å². The smallest absolute Gasteiger partial charge is 0.267 e. The fourth-order valence-corrected chi connectivity index (χ4v) is 4.31. The summed E-state index contributed by atoms with van der Waals surface area (Å²) in [5.74, 6) is 1.89. The zero-order valence-electron chi connectivity index (χ0n) is 16.0. The zero-order valence-corrected chi connectivity index (χ0v) is 16.8. The van der Waals surface area contributed by atoms with E-state index in [1.54, 1.807) is 12.4 Å². The highest BCUT2D eigenvalue weighted by atomic mass is 32.1. The Bertz CT molecular complexity index is 942. The Morgan fingerprint density at radius 1 is 1.18 bits per heavy atom. The molecule has 3 aromatic rings. The van der Waals surface area contributed by atoms with Crippen molar-refractivity contribution in [2.45, 2.75) is 45.4 Å². The quantitative estimate of drug-likeness (QED) is 0.701. The Morgan fingerprint density at radius 3 is 2.68 bits per heavy atom. The maximum atomic E-state index is 12.2. The highest BCUT2D eigenvalue weighted by Gasteiger charge is 2.27. The van der Waals surface area contributed by atoms with Gasteiger partial charge in [0.15, 0.2) is 0 Å². The van der Waals surface area contributed by atoms with Gasteiger partial charge in [0.1, 0.15) is 5.69 Å². The average molecular weight is 398 g/mol. The standard InChI is InChI=1S/C20H23N5O2S/c1-12-7-17(28-11-12)18(26)23-9-14-3-5-15(6-4-14)19-24-25-20(27-19)16-10-21-13(2)8-22-16/h7-8,10-11,14-15H,3-6,9H2,1-2H3,(H,23,26). The van der Waals surface area contributed by atoms with Crippen molar-refractivity contribution in [3.8, 4) is 11.6 Å². The van der Waals surface area contributed by atoms with Crippen LogP contribution in [0.5, 0.6) is 0 Å². The van der Waals surface area contributed by atoms with E-state index in [9.17, 15) is 4.79 Å². The molecule has 1 saturated carbocycles. The highest BCUT2D eigenvalue weighted by molar-refractivity contribution is 7.12. The lowest BCUT2D eigenvalue weighted by Gasteiger charge is -2.26. The van der Waals surface area contributed by atoms with Crippen molar-refractivity contribution < 1.29 is 9.21 Å². The average Bonchev–Trinajstić information content (AvgIpc) is 3.37. The molecule has 1 aliphatic carbocycles. The Labute approximate surface area is 167 Å². The van der Waals surface area contributed by atoms with Gasteiger partial charge in [-0.25, -0.2) is 4.98 Å². The first kappa shape index (κ1) is 18.7. The summed E-state index contributed by atoms with van der Waals surface area (Å²) in [5, 5.41) is 13.4. The van der Waals surface area contributed by atoms with Gasteiger partial charge in [-0.05, 0) is 62.5 Å². The van der Waals surface area contributed by atoms with E-state index in [1.165, 1.54) is 11.3 Å². The molecule has 0 aliphatic heterocycles. The van der Waals surface area contributed by atoms with E-state index >= 15 is 0 Å². The molecule has 0 radical (unpaired) electrons. The van der Waals surface area contributed by atoms with Gasteiger partial charge in [-0.2, -0.15) is 0 Å². The van der Waals surface area contributed by atoms with Crippen LogP contribution in [0.25, 0.3) is 11.6 Å². The van der Waals surface area contributed by atoms with E-state index in [4.69, 9.17) is 4.42 Å². The minimum Gasteiger partial charge on any atom is -0.419 e. The first-order valence-corrected chi connectivity index (χ1v) is 10.4. The van der Waals surface area contributed by atoms with Crippen LogP contribution in [0.1, 0.15) is 58.4 Å². The lowest BCUT2D eigenvalue weighted by molar-refractivity contribution is 0.0946. The minimum atomic E-state index is 0.0287. The Hall–Kier alpha value is -2.61. The topological polar surface area (TPSA) is 93.8 Å². The Balaban J connectivity index is 1.28. The normalized spacial score (nSPS) is 19.5. The van der Waals surface area contributed by atoms with Crippen LogP contribution in [0.4, 0.5) is 0 Å². The molecule has 28 heavy (non-hydrogen) atoms. The summed E-state index contributed by atoms with van der Waals surface area (Å²) in [6.45, 7) is 4.61. The molecule has 1 aliphatic rings. The van der Waals surface area contributed by atoms with E-state index in [2.05, 4.69) is 25.5 Å². The Morgan fingerprint density at radius 2 is 2.00 bits per heavy atom. The molecule has 0 saturated heterocycles. The largest absolute Gasteiger partial charge is 0.419 e. The molecule has 0 unspecified atom stereocenters. The van der Waals surface area contributed by atoms with Crippen LogP contribution in [-0.4, -0.2) is 32.6 Å². The number of nitrogens with one attached hydrogen (secondary N) is 1. The Kier molecular flexibility index (Phi) is 5.47. The van der Waals surface area contributed by atoms with Gasteiger partial charge in [0, 0.05) is 18.7 Å². The van der Waals surface area contributed by atoms with E-state index in [1.807, 2.05) is 25.3 Å². The molecule has 1 amide bonds. The van der Waals surface area contributed by atoms with E-state index in [-0.39, 0.29) is 11.8 Å². The molecule has 4 rings (SSSR count). The number of nitrogens with zero attached hydrogens (tertiary/aromatic N) is 4. The van der Waals surface area contributed by atoms with Gasteiger partial charge >= 0.3 is 0 Å². The number of hydrogen-bond donors (Lipinski definition) is 1. The monoisotopic (exact) mass is 397 g/mol. The summed E-state index contributed by atoms with van der Waals surface area (Å²) in [7, 11) is 0.